The van der Waals surface area contributed by atoms with Crippen molar-refractivity contribution in [2.24, 2.45) is 0 Å². The summed E-state index contributed by atoms with van der Waals surface area (Å²) >= 11 is 0. The van der Waals surface area contributed by atoms with Crippen molar-refractivity contribution in [3.63, 3.8) is 0 Å². The quantitative estimate of drug-likeness (QED) is 0.454. The van der Waals surface area contributed by atoms with E-state index in [1.54, 1.807) is 23.1 Å². The predicted molar refractivity (Wildman–Crippen MR) is 142 cm³/mol. The standard InChI is InChI=1S/C28H35N3O4S/c1-30(2)16-8-13-25-21-31(17-18-35-25)28(32)27(19-22-9-4-3-5-10-22)29-36(33,34)26-15-14-23-11-6-7-12-24(23)20-26/h3-7,9-12,14-15,20,25,27,29H,8,13,16-19,21H2,1-2H3. The molecule has 3 aromatic carbocycles. The molecule has 4 rings (SSSR count). The molecule has 192 valence electrons. The summed E-state index contributed by atoms with van der Waals surface area (Å²) in [6.45, 7) is 2.32. The van der Waals surface area contributed by atoms with E-state index in [0.717, 1.165) is 35.7 Å². The Morgan fingerprint density at radius 2 is 1.78 bits per heavy atom. The van der Waals surface area contributed by atoms with Crippen molar-refractivity contribution in [2.75, 3.05) is 40.3 Å². The third-order valence-corrected chi connectivity index (χ3v) is 7.96. The zero-order valence-corrected chi connectivity index (χ0v) is 21.8. The Morgan fingerprint density at radius 1 is 1.06 bits per heavy atom. The van der Waals surface area contributed by atoms with Gasteiger partial charge in [0.1, 0.15) is 6.04 Å². The Balaban J connectivity index is 1.53. The van der Waals surface area contributed by atoms with Gasteiger partial charge in [-0.15, -0.1) is 0 Å². The van der Waals surface area contributed by atoms with Gasteiger partial charge in [-0.3, -0.25) is 4.79 Å². The summed E-state index contributed by atoms with van der Waals surface area (Å²) in [7, 11) is 0.144. The normalized spacial score (nSPS) is 17.4. The lowest BCUT2D eigenvalue weighted by Gasteiger charge is -2.35. The van der Waals surface area contributed by atoms with E-state index in [1.807, 2.05) is 68.7 Å². The average Bonchev–Trinajstić information content (AvgIpc) is 2.88. The van der Waals surface area contributed by atoms with Crippen molar-refractivity contribution in [3.05, 3.63) is 78.4 Å². The molecule has 7 nitrogen and oxygen atoms in total. The molecule has 1 N–H and O–H groups in total. The lowest BCUT2D eigenvalue weighted by atomic mass is 10.0. The number of hydrogen-bond donors (Lipinski definition) is 1. The molecule has 2 atom stereocenters. The molecule has 3 aromatic rings. The number of rotatable bonds is 10. The minimum Gasteiger partial charge on any atom is -0.375 e. The van der Waals surface area contributed by atoms with E-state index in [4.69, 9.17) is 4.74 Å². The molecule has 1 aliphatic heterocycles. The van der Waals surface area contributed by atoms with Gasteiger partial charge in [-0.1, -0.05) is 60.7 Å². The number of carbonyl (C=O) groups is 1. The number of benzene rings is 3. The minimum absolute atomic E-state index is 0.0443. The van der Waals surface area contributed by atoms with Crippen LogP contribution >= 0.6 is 0 Å². The Bertz CT molecular complexity index is 1260. The summed E-state index contributed by atoms with van der Waals surface area (Å²) < 4.78 is 35.5. The van der Waals surface area contributed by atoms with Crippen molar-refractivity contribution >= 4 is 26.7 Å². The van der Waals surface area contributed by atoms with Crippen molar-refractivity contribution in [1.29, 1.82) is 0 Å². The van der Waals surface area contributed by atoms with Gasteiger partial charge in [-0.05, 0) is 68.4 Å². The maximum Gasteiger partial charge on any atom is 0.241 e. The van der Waals surface area contributed by atoms with Crippen molar-refractivity contribution in [1.82, 2.24) is 14.5 Å². The van der Waals surface area contributed by atoms with Gasteiger partial charge in [-0.25, -0.2) is 8.42 Å². The number of fused-ring (bicyclic) bond motifs is 1. The van der Waals surface area contributed by atoms with Gasteiger partial charge in [0.25, 0.3) is 0 Å². The second-order valence-electron chi connectivity index (χ2n) is 9.60. The van der Waals surface area contributed by atoms with Crippen LogP contribution in [0.2, 0.25) is 0 Å². The molecule has 1 saturated heterocycles. The maximum absolute atomic E-state index is 13.7. The van der Waals surface area contributed by atoms with Crippen LogP contribution in [-0.4, -0.2) is 76.6 Å². The van der Waals surface area contributed by atoms with E-state index < -0.39 is 16.1 Å². The molecule has 0 aliphatic carbocycles. The molecule has 2 unspecified atom stereocenters. The largest absolute Gasteiger partial charge is 0.375 e. The lowest BCUT2D eigenvalue weighted by Crippen LogP contribution is -2.54. The summed E-state index contributed by atoms with van der Waals surface area (Å²) in [5.74, 6) is -0.218. The molecule has 1 amide bonds. The first-order valence-electron chi connectivity index (χ1n) is 12.4. The molecule has 1 fully saturated rings. The monoisotopic (exact) mass is 509 g/mol. The highest BCUT2D eigenvalue weighted by atomic mass is 32.2. The number of nitrogens with one attached hydrogen (secondary N) is 1. The van der Waals surface area contributed by atoms with Gasteiger partial charge in [0, 0.05) is 13.1 Å². The number of sulfonamides is 1. The Morgan fingerprint density at radius 3 is 2.53 bits per heavy atom. The third-order valence-electron chi connectivity index (χ3n) is 6.49. The Kier molecular flexibility index (Phi) is 8.74. The first-order chi connectivity index (χ1) is 17.3. The molecule has 0 spiro atoms. The second-order valence-corrected chi connectivity index (χ2v) is 11.3. The molecule has 1 heterocycles. The minimum atomic E-state index is -3.93. The molecule has 0 radical (unpaired) electrons. The fourth-order valence-electron chi connectivity index (χ4n) is 4.57. The number of ether oxygens (including phenoxy) is 1. The van der Waals surface area contributed by atoms with Gasteiger partial charge >= 0.3 is 0 Å². The van der Waals surface area contributed by atoms with Crippen LogP contribution in [0.4, 0.5) is 0 Å². The van der Waals surface area contributed by atoms with Crippen LogP contribution in [-0.2, 0) is 26.0 Å². The van der Waals surface area contributed by atoms with E-state index >= 15 is 0 Å². The number of hydrogen-bond acceptors (Lipinski definition) is 5. The van der Waals surface area contributed by atoms with Crippen molar-refractivity contribution in [3.8, 4) is 0 Å². The van der Waals surface area contributed by atoms with Crippen LogP contribution in [0.1, 0.15) is 18.4 Å². The van der Waals surface area contributed by atoms with E-state index in [-0.39, 0.29) is 23.3 Å². The first-order valence-corrected chi connectivity index (χ1v) is 13.9. The molecule has 0 saturated carbocycles. The number of morpholine rings is 1. The van der Waals surface area contributed by atoms with E-state index in [9.17, 15) is 13.2 Å². The van der Waals surface area contributed by atoms with Crippen molar-refractivity contribution in [2.45, 2.75) is 36.3 Å². The molecule has 8 heteroatoms. The van der Waals surface area contributed by atoms with Gasteiger partial charge in [0.15, 0.2) is 0 Å². The summed E-state index contributed by atoms with van der Waals surface area (Å²) in [5, 5.41) is 1.79. The summed E-state index contributed by atoms with van der Waals surface area (Å²) in [6, 6.07) is 21.2. The topological polar surface area (TPSA) is 79.0 Å². The SMILES string of the molecule is CN(C)CCCC1CN(C(=O)C(Cc2ccccc2)NS(=O)(=O)c2ccc3ccccc3c2)CCO1. The van der Waals surface area contributed by atoms with Gasteiger partial charge in [0.2, 0.25) is 15.9 Å². The van der Waals surface area contributed by atoms with Gasteiger partial charge < -0.3 is 14.5 Å². The Hall–Kier alpha value is -2.78. The van der Waals surface area contributed by atoms with Crippen LogP contribution < -0.4 is 4.72 Å². The van der Waals surface area contributed by atoms with Crippen LogP contribution in [0.25, 0.3) is 10.8 Å². The number of carbonyl (C=O) groups excluding carboxylic acids is 1. The highest BCUT2D eigenvalue weighted by Gasteiger charge is 2.32. The Labute approximate surface area is 214 Å². The second kappa shape index (κ2) is 12.0. The average molecular weight is 510 g/mol. The zero-order valence-electron chi connectivity index (χ0n) is 21.0. The molecular formula is C28H35N3O4S. The lowest BCUT2D eigenvalue weighted by molar-refractivity contribution is -0.140. The maximum atomic E-state index is 13.7. The van der Waals surface area contributed by atoms with Crippen LogP contribution in [0.15, 0.2) is 77.7 Å². The number of nitrogens with zero attached hydrogens (tertiary/aromatic N) is 2. The highest BCUT2D eigenvalue weighted by Crippen LogP contribution is 2.20. The van der Waals surface area contributed by atoms with Crippen LogP contribution in [0.5, 0.6) is 0 Å². The molecule has 0 bridgehead atoms. The van der Waals surface area contributed by atoms with E-state index in [1.165, 1.54) is 0 Å². The third kappa shape index (κ3) is 6.91. The fourth-order valence-corrected chi connectivity index (χ4v) is 5.79. The first kappa shape index (κ1) is 26.3. The van der Waals surface area contributed by atoms with E-state index in [0.29, 0.717) is 19.7 Å². The molecule has 0 aromatic heterocycles. The predicted octanol–water partition coefficient (Wildman–Crippen LogP) is 3.30. The van der Waals surface area contributed by atoms with Crippen LogP contribution in [0.3, 0.4) is 0 Å². The molecular weight excluding hydrogens is 474 g/mol. The summed E-state index contributed by atoms with van der Waals surface area (Å²) in [4.78, 5) is 17.7. The zero-order chi connectivity index (χ0) is 25.5. The van der Waals surface area contributed by atoms with Crippen molar-refractivity contribution < 1.29 is 17.9 Å². The van der Waals surface area contributed by atoms with E-state index in [2.05, 4.69) is 9.62 Å². The highest BCUT2D eigenvalue weighted by molar-refractivity contribution is 7.89. The number of amides is 1. The smallest absolute Gasteiger partial charge is 0.241 e. The summed E-state index contributed by atoms with van der Waals surface area (Å²) in [5.41, 5.74) is 0.896. The van der Waals surface area contributed by atoms with Crippen LogP contribution in [0, 0.1) is 0 Å². The van der Waals surface area contributed by atoms with Gasteiger partial charge in [-0.2, -0.15) is 4.72 Å². The molecule has 36 heavy (non-hydrogen) atoms. The van der Waals surface area contributed by atoms with Gasteiger partial charge in [0.05, 0.1) is 17.6 Å². The summed E-state index contributed by atoms with van der Waals surface area (Å²) in [6.07, 6.45) is 2.06. The fraction of sp³-hybridized carbons (Fsp3) is 0.393. The molecule has 1 aliphatic rings.